The maximum Gasteiger partial charge on any atom is 0.169 e. The molecule has 0 bridgehead atoms. The van der Waals surface area contributed by atoms with E-state index in [0.717, 1.165) is 41.5 Å². The smallest absolute Gasteiger partial charge is 0.169 e. The summed E-state index contributed by atoms with van der Waals surface area (Å²) < 4.78 is 5.52. The Labute approximate surface area is 140 Å². The van der Waals surface area contributed by atoms with E-state index in [4.69, 9.17) is 28.3 Å². The summed E-state index contributed by atoms with van der Waals surface area (Å²) in [6.07, 6.45) is 3.35. The van der Waals surface area contributed by atoms with Crippen molar-refractivity contribution in [2.24, 2.45) is 0 Å². The average molecular weight is 336 g/mol. The van der Waals surface area contributed by atoms with Crippen LogP contribution in [0, 0.1) is 0 Å². The van der Waals surface area contributed by atoms with Gasteiger partial charge in [-0.2, -0.15) is 0 Å². The van der Waals surface area contributed by atoms with Gasteiger partial charge in [-0.05, 0) is 43.6 Å². The van der Waals surface area contributed by atoms with Crippen molar-refractivity contribution in [1.29, 1.82) is 0 Å². The van der Waals surface area contributed by atoms with Crippen LogP contribution in [0.2, 0.25) is 5.02 Å². The highest BCUT2D eigenvalue weighted by molar-refractivity contribution is 7.80. The summed E-state index contributed by atoms with van der Waals surface area (Å²) in [5, 5.41) is 8.77. The highest BCUT2D eigenvalue weighted by Gasteiger charge is 2.28. The number of nitrogens with one attached hydrogen (secondary N) is 1. The highest BCUT2D eigenvalue weighted by atomic mass is 35.5. The van der Waals surface area contributed by atoms with Crippen molar-refractivity contribution in [1.82, 2.24) is 15.4 Å². The molecule has 1 aliphatic rings. The molecule has 4 nitrogen and oxygen atoms in total. The summed E-state index contributed by atoms with van der Waals surface area (Å²) in [7, 11) is 1.86. The van der Waals surface area contributed by atoms with Gasteiger partial charge in [0.1, 0.15) is 5.69 Å². The van der Waals surface area contributed by atoms with Crippen LogP contribution in [0.25, 0.3) is 11.3 Å². The summed E-state index contributed by atoms with van der Waals surface area (Å²) >= 11 is 11.4. The van der Waals surface area contributed by atoms with Gasteiger partial charge in [-0.15, -0.1) is 0 Å². The third-order valence-electron chi connectivity index (χ3n) is 3.96. The van der Waals surface area contributed by atoms with Crippen molar-refractivity contribution < 1.29 is 4.52 Å². The molecule has 0 amide bonds. The van der Waals surface area contributed by atoms with Gasteiger partial charge in [0.05, 0.1) is 6.04 Å². The van der Waals surface area contributed by atoms with Gasteiger partial charge in [0.2, 0.25) is 0 Å². The first-order valence-electron chi connectivity index (χ1n) is 7.40. The Bertz CT molecular complexity index is 673. The summed E-state index contributed by atoms with van der Waals surface area (Å²) in [5.41, 5.74) is 1.86. The lowest BCUT2D eigenvalue weighted by atomic mass is 9.99. The molecule has 3 rings (SSSR count). The average Bonchev–Trinajstić information content (AvgIpc) is 3.04. The van der Waals surface area contributed by atoms with Crippen LogP contribution in [0.5, 0.6) is 0 Å². The van der Waals surface area contributed by atoms with E-state index in [1.165, 1.54) is 6.42 Å². The molecule has 1 unspecified atom stereocenters. The number of hydrogen-bond acceptors (Lipinski definition) is 3. The summed E-state index contributed by atoms with van der Waals surface area (Å²) in [6, 6.07) is 9.76. The first-order chi connectivity index (χ1) is 10.7. The molecule has 0 radical (unpaired) electrons. The van der Waals surface area contributed by atoms with Gasteiger partial charge in [-0.25, -0.2) is 0 Å². The van der Waals surface area contributed by atoms with Gasteiger partial charge in [-0.1, -0.05) is 28.9 Å². The van der Waals surface area contributed by atoms with E-state index in [1.54, 1.807) is 0 Å². The molecule has 1 aromatic heterocycles. The zero-order valence-corrected chi connectivity index (χ0v) is 14.0. The number of hydrogen-bond donors (Lipinski definition) is 1. The molecular formula is C16H18ClN3OS. The number of halogens is 1. The normalized spacial score (nSPS) is 18.3. The molecule has 1 aliphatic heterocycles. The molecule has 2 aromatic rings. The number of likely N-dealkylation sites (tertiary alicyclic amines) is 1. The maximum absolute atomic E-state index is 6.04. The van der Waals surface area contributed by atoms with Crippen molar-refractivity contribution in [3.63, 3.8) is 0 Å². The van der Waals surface area contributed by atoms with Crippen molar-refractivity contribution in [3.05, 3.63) is 41.0 Å². The van der Waals surface area contributed by atoms with Gasteiger partial charge in [0.25, 0.3) is 0 Å². The molecule has 22 heavy (non-hydrogen) atoms. The van der Waals surface area contributed by atoms with E-state index in [9.17, 15) is 0 Å². The molecule has 1 N–H and O–H groups in total. The Kier molecular flexibility index (Phi) is 4.64. The Morgan fingerprint density at radius 2 is 2.27 bits per heavy atom. The standard InChI is InChI=1S/C16H18ClN3OS/c1-18-16(22)20-8-3-2-7-14(20)13-10-15(21-19-13)11-5-4-6-12(17)9-11/h4-6,9-10,14H,2-3,7-8H2,1H3,(H,18,22). The molecule has 6 heteroatoms. The third-order valence-corrected chi connectivity index (χ3v) is 4.63. The minimum atomic E-state index is 0.172. The molecule has 1 saturated heterocycles. The van der Waals surface area contributed by atoms with Gasteiger partial charge < -0.3 is 14.7 Å². The van der Waals surface area contributed by atoms with Crippen LogP contribution in [0.4, 0.5) is 0 Å². The highest BCUT2D eigenvalue weighted by Crippen LogP contribution is 2.33. The van der Waals surface area contributed by atoms with Gasteiger partial charge >= 0.3 is 0 Å². The maximum atomic E-state index is 6.04. The second-order valence-corrected chi connectivity index (χ2v) is 6.21. The number of nitrogens with zero attached hydrogens (tertiary/aromatic N) is 2. The van der Waals surface area contributed by atoms with Crippen LogP contribution in [0.1, 0.15) is 31.0 Å². The number of thiocarbonyl (C=S) groups is 1. The molecule has 1 atom stereocenters. The van der Waals surface area contributed by atoms with E-state index in [1.807, 2.05) is 37.4 Å². The van der Waals surface area contributed by atoms with E-state index >= 15 is 0 Å². The van der Waals surface area contributed by atoms with Crippen LogP contribution in [0.15, 0.2) is 34.9 Å². The lowest BCUT2D eigenvalue weighted by molar-refractivity contribution is 0.231. The van der Waals surface area contributed by atoms with Gasteiger partial charge in [0.15, 0.2) is 10.9 Å². The molecule has 116 valence electrons. The van der Waals surface area contributed by atoms with E-state index in [-0.39, 0.29) is 6.04 Å². The van der Waals surface area contributed by atoms with Crippen LogP contribution in [-0.2, 0) is 0 Å². The van der Waals surface area contributed by atoms with Gasteiger partial charge in [-0.3, -0.25) is 0 Å². The Morgan fingerprint density at radius 3 is 3.05 bits per heavy atom. The first kappa shape index (κ1) is 15.3. The Balaban J connectivity index is 1.87. The molecule has 0 spiro atoms. The van der Waals surface area contributed by atoms with E-state index < -0.39 is 0 Å². The topological polar surface area (TPSA) is 41.3 Å². The fourth-order valence-corrected chi connectivity index (χ4v) is 3.26. The minimum absolute atomic E-state index is 0.172. The SMILES string of the molecule is CNC(=S)N1CCCCC1c1cc(-c2cccc(Cl)c2)on1. The molecule has 0 aliphatic carbocycles. The van der Waals surface area contributed by atoms with Gasteiger partial charge in [0, 0.05) is 30.2 Å². The Hall–Kier alpha value is -1.59. The number of rotatable bonds is 2. The number of piperidine rings is 1. The largest absolute Gasteiger partial charge is 0.366 e. The predicted octanol–water partition coefficient (Wildman–Crippen LogP) is 4.03. The predicted molar refractivity (Wildman–Crippen MR) is 91.9 cm³/mol. The van der Waals surface area contributed by atoms with Crippen LogP contribution in [0.3, 0.4) is 0 Å². The fourth-order valence-electron chi connectivity index (χ4n) is 2.85. The van der Waals surface area contributed by atoms with Crippen molar-refractivity contribution in [3.8, 4) is 11.3 Å². The summed E-state index contributed by atoms with van der Waals surface area (Å²) in [5.74, 6) is 0.735. The van der Waals surface area contributed by atoms with Crippen LogP contribution >= 0.6 is 23.8 Å². The number of benzene rings is 1. The zero-order valence-electron chi connectivity index (χ0n) is 12.4. The number of aromatic nitrogens is 1. The second-order valence-electron chi connectivity index (χ2n) is 5.39. The Morgan fingerprint density at radius 1 is 1.41 bits per heavy atom. The van der Waals surface area contributed by atoms with Crippen molar-refractivity contribution in [2.45, 2.75) is 25.3 Å². The summed E-state index contributed by atoms with van der Waals surface area (Å²) in [6.45, 7) is 0.948. The third kappa shape index (κ3) is 3.10. The van der Waals surface area contributed by atoms with E-state index in [0.29, 0.717) is 5.02 Å². The monoisotopic (exact) mass is 335 g/mol. The van der Waals surface area contributed by atoms with Crippen LogP contribution < -0.4 is 5.32 Å². The molecule has 0 saturated carbocycles. The van der Waals surface area contributed by atoms with E-state index in [2.05, 4.69) is 15.4 Å². The lowest BCUT2D eigenvalue weighted by Crippen LogP contribution is -2.43. The first-order valence-corrected chi connectivity index (χ1v) is 8.18. The quantitative estimate of drug-likeness (QED) is 0.839. The molecule has 1 fully saturated rings. The van der Waals surface area contributed by atoms with Crippen molar-refractivity contribution in [2.75, 3.05) is 13.6 Å². The lowest BCUT2D eigenvalue weighted by Gasteiger charge is -2.36. The summed E-state index contributed by atoms with van der Waals surface area (Å²) in [4.78, 5) is 2.19. The van der Waals surface area contributed by atoms with Crippen LogP contribution in [-0.4, -0.2) is 28.8 Å². The second kappa shape index (κ2) is 6.67. The minimum Gasteiger partial charge on any atom is -0.366 e. The fraction of sp³-hybridized carbons (Fsp3) is 0.375. The molecule has 1 aromatic carbocycles. The van der Waals surface area contributed by atoms with Crippen molar-refractivity contribution >= 4 is 28.9 Å². The molecular weight excluding hydrogens is 318 g/mol. The molecule has 2 heterocycles. The zero-order chi connectivity index (χ0) is 15.5.